The average Bonchev–Trinajstić information content (AvgIpc) is 2.15. The lowest BCUT2D eigenvalue weighted by Crippen LogP contribution is -2.17. The standard InChI is InChI=1S/C10H15NO3S/c1-8(11(2)12)9-4-6-10(7-5-9)15(3,13)14/h4-8,12H,1-3H3. The molecule has 0 aliphatic rings. The SMILES string of the molecule is CC(c1ccc(S(C)(=O)=O)cc1)N(C)O. The van der Waals surface area contributed by atoms with E-state index in [1.165, 1.54) is 6.26 Å². The highest BCUT2D eigenvalue weighted by Gasteiger charge is 2.11. The van der Waals surface area contributed by atoms with E-state index in [0.717, 1.165) is 10.6 Å². The zero-order valence-corrected chi connectivity index (χ0v) is 9.82. The maximum absolute atomic E-state index is 11.2. The highest BCUT2D eigenvalue weighted by Crippen LogP contribution is 2.19. The van der Waals surface area contributed by atoms with Gasteiger partial charge in [-0.1, -0.05) is 12.1 Å². The molecule has 0 fully saturated rings. The van der Waals surface area contributed by atoms with Crippen molar-refractivity contribution in [2.24, 2.45) is 0 Å². The first-order chi connectivity index (χ1) is 6.82. The molecule has 0 saturated heterocycles. The number of nitrogens with zero attached hydrogens (tertiary/aromatic N) is 1. The topological polar surface area (TPSA) is 57.6 Å². The van der Waals surface area contributed by atoms with Gasteiger partial charge in [0.25, 0.3) is 0 Å². The van der Waals surface area contributed by atoms with Gasteiger partial charge in [-0.3, -0.25) is 0 Å². The van der Waals surface area contributed by atoms with E-state index in [9.17, 15) is 13.6 Å². The van der Waals surface area contributed by atoms with Gasteiger partial charge in [-0.25, -0.2) is 8.42 Å². The summed E-state index contributed by atoms with van der Waals surface area (Å²) < 4.78 is 22.4. The molecule has 0 bridgehead atoms. The second kappa shape index (κ2) is 4.30. The van der Waals surface area contributed by atoms with Gasteiger partial charge in [0.05, 0.1) is 10.9 Å². The van der Waals surface area contributed by atoms with Crippen LogP contribution in [0.25, 0.3) is 0 Å². The van der Waals surface area contributed by atoms with Crippen molar-refractivity contribution in [3.8, 4) is 0 Å². The van der Waals surface area contributed by atoms with Crippen molar-refractivity contribution in [2.45, 2.75) is 17.9 Å². The van der Waals surface area contributed by atoms with E-state index in [2.05, 4.69) is 0 Å². The number of rotatable bonds is 3. The smallest absolute Gasteiger partial charge is 0.175 e. The molecule has 1 unspecified atom stereocenters. The predicted octanol–water partition coefficient (Wildman–Crippen LogP) is 1.47. The Bertz CT molecular complexity index is 422. The summed E-state index contributed by atoms with van der Waals surface area (Å²) in [5.74, 6) is 0. The molecule has 0 radical (unpaired) electrons. The predicted molar refractivity (Wildman–Crippen MR) is 57.5 cm³/mol. The largest absolute Gasteiger partial charge is 0.314 e. The quantitative estimate of drug-likeness (QED) is 0.797. The van der Waals surface area contributed by atoms with Crippen LogP contribution < -0.4 is 0 Å². The van der Waals surface area contributed by atoms with Crippen molar-refractivity contribution in [2.75, 3.05) is 13.3 Å². The van der Waals surface area contributed by atoms with E-state index in [1.807, 2.05) is 6.92 Å². The molecule has 15 heavy (non-hydrogen) atoms. The van der Waals surface area contributed by atoms with Gasteiger partial charge in [-0.15, -0.1) is 0 Å². The molecule has 0 spiro atoms. The second-order valence-electron chi connectivity index (χ2n) is 3.59. The monoisotopic (exact) mass is 229 g/mol. The Morgan fingerprint density at radius 1 is 1.27 bits per heavy atom. The Labute approximate surface area is 90.0 Å². The number of hydrogen-bond donors (Lipinski definition) is 1. The maximum atomic E-state index is 11.2. The summed E-state index contributed by atoms with van der Waals surface area (Å²) in [5, 5.41) is 10.3. The van der Waals surface area contributed by atoms with Crippen molar-refractivity contribution in [1.29, 1.82) is 0 Å². The van der Waals surface area contributed by atoms with Crippen LogP contribution in [0.2, 0.25) is 0 Å². The molecular weight excluding hydrogens is 214 g/mol. The second-order valence-corrected chi connectivity index (χ2v) is 5.61. The van der Waals surface area contributed by atoms with Crippen LogP contribution >= 0.6 is 0 Å². The molecular formula is C10H15NO3S. The molecule has 84 valence electrons. The summed E-state index contributed by atoms with van der Waals surface area (Å²) >= 11 is 0. The van der Waals surface area contributed by atoms with Crippen LogP contribution in [0.15, 0.2) is 29.2 Å². The van der Waals surface area contributed by atoms with Gasteiger partial charge in [0.2, 0.25) is 0 Å². The van der Waals surface area contributed by atoms with E-state index >= 15 is 0 Å². The molecule has 1 N–H and O–H groups in total. The van der Waals surface area contributed by atoms with Crippen molar-refractivity contribution < 1.29 is 13.6 Å². The van der Waals surface area contributed by atoms with Crippen molar-refractivity contribution in [3.05, 3.63) is 29.8 Å². The molecule has 1 aromatic rings. The Morgan fingerprint density at radius 3 is 2.07 bits per heavy atom. The van der Waals surface area contributed by atoms with Crippen molar-refractivity contribution in [3.63, 3.8) is 0 Å². The van der Waals surface area contributed by atoms with Gasteiger partial charge in [-0.05, 0) is 24.6 Å². The van der Waals surface area contributed by atoms with Crippen LogP contribution in [0.3, 0.4) is 0 Å². The van der Waals surface area contributed by atoms with E-state index < -0.39 is 9.84 Å². The zero-order chi connectivity index (χ0) is 11.6. The van der Waals surface area contributed by atoms with Gasteiger partial charge in [0.15, 0.2) is 9.84 Å². The van der Waals surface area contributed by atoms with Crippen LogP contribution in [0.4, 0.5) is 0 Å². The minimum Gasteiger partial charge on any atom is -0.314 e. The van der Waals surface area contributed by atoms with Gasteiger partial charge < -0.3 is 5.21 Å². The fourth-order valence-electron chi connectivity index (χ4n) is 1.21. The number of benzene rings is 1. The summed E-state index contributed by atoms with van der Waals surface area (Å²) in [5.41, 5.74) is 0.868. The average molecular weight is 229 g/mol. The molecule has 0 saturated carbocycles. The van der Waals surface area contributed by atoms with Gasteiger partial charge >= 0.3 is 0 Å². The van der Waals surface area contributed by atoms with Gasteiger partial charge in [0.1, 0.15) is 0 Å². The van der Waals surface area contributed by atoms with Crippen LogP contribution in [0.5, 0.6) is 0 Å². The first-order valence-corrected chi connectivity index (χ1v) is 6.43. The van der Waals surface area contributed by atoms with Crippen LogP contribution in [0, 0.1) is 0 Å². The van der Waals surface area contributed by atoms with Crippen LogP contribution in [0.1, 0.15) is 18.5 Å². The molecule has 4 nitrogen and oxygen atoms in total. The number of hydrogen-bond acceptors (Lipinski definition) is 4. The summed E-state index contributed by atoms with van der Waals surface area (Å²) in [6, 6.07) is 6.34. The normalized spacial score (nSPS) is 14.2. The third-order valence-corrected chi connectivity index (χ3v) is 3.48. The molecule has 0 heterocycles. The molecule has 5 heteroatoms. The highest BCUT2D eigenvalue weighted by atomic mass is 32.2. The summed E-state index contributed by atoms with van der Waals surface area (Å²) in [6.45, 7) is 1.83. The molecule has 0 amide bonds. The third kappa shape index (κ3) is 3.02. The number of sulfone groups is 1. The fourth-order valence-corrected chi connectivity index (χ4v) is 1.84. The molecule has 0 aromatic heterocycles. The van der Waals surface area contributed by atoms with Crippen molar-refractivity contribution in [1.82, 2.24) is 5.06 Å². The van der Waals surface area contributed by atoms with E-state index in [1.54, 1.807) is 31.3 Å². The third-order valence-electron chi connectivity index (χ3n) is 2.35. The highest BCUT2D eigenvalue weighted by molar-refractivity contribution is 7.90. The van der Waals surface area contributed by atoms with Crippen LogP contribution in [-0.4, -0.2) is 32.0 Å². The zero-order valence-electron chi connectivity index (χ0n) is 9.01. The lowest BCUT2D eigenvalue weighted by molar-refractivity contribution is -0.0984. The van der Waals surface area contributed by atoms with Gasteiger partial charge in [0, 0.05) is 13.3 Å². The Balaban J connectivity index is 3.01. The van der Waals surface area contributed by atoms with Crippen LogP contribution in [-0.2, 0) is 9.84 Å². The Hall–Kier alpha value is -0.910. The summed E-state index contributed by atoms with van der Waals surface area (Å²) in [7, 11) is -1.59. The Morgan fingerprint density at radius 2 is 1.73 bits per heavy atom. The maximum Gasteiger partial charge on any atom is 0.175 e. The first-order valence-electron chi connectivity index (χ1n) is 4.54. The molecule has 1 atom stereocenters. The lowest BCUT2D eigenvalue weighted by Gasteiger charge is -2.18. The molecule has 0 aliphatic carbocycles. The first kappa shape index (κ1) is 12.2. The molecule has 1 aromatic carbocycles. The van der Waals surface area contributed by atoms with Crippen molar-refractivity contribution >= 4 is 9.84 Å². The lowest BCUT2D eigenvalue weighted by atomic mass is 10.1. The van der Waals surface area contributed by atoms with Gasteiger partial charge in [-0.2, -0.15) is 5.06 Å². The number of hydroxylamine groups is 2. The summed E-state index contributed by atoms with van der Waals surface area (Å²) in [6.07, 6.45) is 1.17. The summed E-state index contributed by atoms with van der Waals surface area (Å²) in [4.78, 5) is 0.291. The minimum absolute atomic E-state index is 0.154. The van der Waals surface area contributed by atoms with E-state index in [0.29, 0.717) is 4.90 Å². The molecule has 1 rings (SSSR count). The Kier molecular flexibility index (Phi) is 3.49. The molecule has 0 aliphatic heterocycles. The van der Waals surface area contributed by atoms with E-state index in [4.69, 9.17) is 0 Å². The fraction of sp³-hybridized carbons (Fsp3) is 0.400. The minimum atomic E-state index is -3.14. The van der Waals surface area contributed by atoms with E-state index in [-0.39, 0.29) is 6.04 Å².